The van der Waals surface area contributed by atoms with Crippen molar-refractivity contribution in [3.8, 4) is 5.75 Å². The molecule has 0 aromatic heterocycles. The highest BCUT2D eigenvalue weighted by atomic mass is 35.5. The number of benzene rings is 2. The molecule has 1 fully saturated rings. The molecule has 1 N–H and O–H groups in total. The Bertz CT molecular complexity index is 1030. The first-order chi connectivity index (χ1) is 13.8. The maximum absolute atomic E-state index is 13.1. The lowest BCUT2D eigenvalue weighted by Gasteiger charge is -2.28. The van der Waals surface area contributed by atoms with Crippen LogP contribution in [-0.4, -0.2) is 24.5 Å². The Morgan fingerprint density at radius 3 is 2.59 bits per heavy atom. The zero-order chi connectivity index (χ0) is 21.1. The second-order valence-electron chi connectivity index (χ2n) is 6.78. The first kappa shape index (κ1) is 20.6. The lowest BCUT2D eigenvalue weighted by molar-refractivity contribution is -0.122. The van der Waals surface area contributed by atoms with Crippen molar-refractivity contribution in [3.05, 3.63) is 63.7 Å². The van der Waals surface area contributed by atoms with Gasteiger partial charge in [0, 0.05) is 10.6 Å². The topological polar surface area (TPSA) is 75.7 Å². The standard InChI is InChI=1S/C22H21ClN2O4/c1-4-9-29-19-8-7-16(23)11-15(19)12-17-20(26)24-22(28)25(21(17)27)18-10-13(2)5-6-14(18)3/h5-8,10-12H,4,9H2,1-3H3,(H,24,26,28)/b17-12+. The summed E-state index contributed by atoms with van der Waals surface area (Å²) in [6.07, 6.45) is 2.20. The highest BCUT2D eigenvalue weighted by Gasteiger charge is 2.37. The normalized spacial score (nSPS) is 15.7. The molecule has 0 bridgehead atoms. The average molecular weight is 413 g/mol. The summed E-state index contributed by atoms with van der Waals surface area (Å²) in [6, 6.07) is 9.62. The maximum Gasteiger partial charge on any atom is 0.335 e. The predicted octanol–water partition coefficient (Wildman–Crippen LogP) is 4.41. The van der Waals surface area contributed by atoms with Gasteiger partial charge in [0.05, 0.1) is 12.3 Å². The number of amides is 4. The van der Waals surface area contributed by atoms with Crippen LogP contribution in [0, 0.1) is 13.8 Å². The number of hydrogen-bond donors (Lipinski definition) is 1. The lowest BCUT2D eigenvalue weighted by Crippen LogP contribution is -2.54. The van der Waals surface area contributed by atoms with Crippen LogP contribution in [0.1, 0.15) is 30.0 Å². The van der Waals surface area contributed by atoms with Gasteiger partial charge in [0.1, 0.15) is 11.3 Å². The molecule has 6 nitrogen and oxygen atoms in total. The number of urea groups is 1. The number of halogens is 1. The molecular weight excluding hydrogens is 392 g/mol. The van der Waals surface area contributed by atoms with Gasteiger partial charge in [-0.15, -0.1) is 0 Å². The van der Waals surface area contributed by atoms with Crippen LogP contribution in [0.2, 0.25) is 5.02 Å². The zero-order valence-corrected chi connectivity index (χ0v) is 17.2. The van der Waals surface area contributed by atoms with E-state index in [9.17, 15) is 14.4 Å². The number of barbiturate groups is 1. The van der Waals surface area contributed by atoms with Gasteiger partial charge >= 0.3 is 6.03 Å². The van der Waals surface area contributed by atoms with E-state index in [1.807, 2.05) is 26.0 Å². The summed E-state index contributed by atoms with van der Waals surface area (Å²) in [5.41, 5.74) is 2.37. The Morgan fingerprint density at radius 1 is 1.10 bits per heavy atom. The largest absolute Gasteiger partial charge is 0.493 e. The number of rotatable bonds is 5. The summed E-state index contributed by atoms with van der Waals surface area (Å²) < 4.78 is 5.69. The molecule has 0 saturated carbocycles. The first-order valence-electron chi connectivity index (χ1n) is 9.23. The molecule has 1 aliphatic heterocycles. The summed E-state index contributed by atoms with van der Waals surface area (Å²) in [5, 5.41) is 2.67. The number of carbonyl (C=O) groups excluding carboxylic acids is 3. The van der Waals surface area contributed by atoms with Crippen LogP contribution in [0.25, 0.3) is 6.08 Å². The van der Waals surface area contributed by atoms with Gasteiger partial charge in [-0.05, 0) is 61.7 Å². The van der Waals surface area contributed by atoms with E-state index in [4.69, 9.17) is 16.3 Å². The summed E-state index contributed by atoms with van der Waals surface area (Å²) in [7, 11) is 0. The average Bonchev–Trinajstić information content (AvgIpc) is 2.67. The second kappa shape index (κ2) is 8.49. The monoisotopic (exact) mass is 412 g/mol. The van der Waals surface area contributed by atoms with Crippen molar-refractivity contribution in [3.63, 3.8) is 0 Å². The van der Waals surface area contributed by atoms with Crippen LogP contribution < -0.4 is 15.0 Å². The van der Waals surface area contributed by atoms with Gasteiger partial charge < -0.3 is 4.74 Å². The van der Waals surface area contributed by atoms with Crippen molar-refractivity contribution in [2.75, 3.05) is 11.5 Å². The van der Waals surface area contributed by atoms with Crippen molar-refractivity contribution in [2.24, 2.45) is 0 Å². The molecule has 3 rings (SSSR count). The zero-order valence-electron chi connectivity index (χ0n) is 16.4. The second-order valence-corrected chi connectivity index (χ2v) is 7.21. The van der Waals surface area contributed by atoms with E-state index in [2.05, 4.69) is 5.32 Å². The highest BCUT2D eigenvalue weighted by Crippen LogP contribution is 2.29. The highest BCUT2D eigenvalue weighted by molar-refractivity contribution is 6.39. The molecule has 7 heteroatoms. The molecule has 1 heterocycles. The van der Waals surface area contributed by atoms with Crippen molar-refractivity contribution >= 4 is 41.2 Å². The number of nitrogens with one attached hydrogen (secondary N) is 1. The number of hydrogen-bond acceptors (Lipinski definition) is 4. The molecule has 0 unspecified atom stereocenters. The van der Waals surface area contributed by atoms with E-state index in [1.165, 1.54) is 6.08 Å². The molecule has 29 heavy (non-hydrogen) atoms. The Labute approximate surface area is 174 Å². The Morgan fingerprint density at radius 2 is 1.86 bits per heavy atom. The predicted molar refractivity (Wildman–Crippen MR) is 112 cm³/mol. The number of carbonyl (C=O) groups is 3. The van der Waals surface area contributed by atoms with Crippen LogP contribution in [0.3, 0.4) is 0 Å². The Hall–Kier alpha value is -3.12. The van der Waals surface area contributed by atoms with Crippen molar-refractivity contribution in [2.45, 2.75) is 27.2 Å². The Kier molecular flexibility index (Phi) is 6.03. The molecule has 150 valence electrons. The van der Waals surface area contributed by atoms with Crippen LogP contribution in [-0.2, 0) is 9.59 Å². The third-order valence-electron chi connectivity index (χ3n) is 4.44. The van der Waals surface area contributed by atoms with Crippen molar-refractivity contribution in [1.82, 2.24) is 5.32 Å². The quantitative estimate of drug-likeness (QED) is 0.583. The minimum atomic E-state index is -0.778. The van der Waals surface area contributed by atoms with E-state index in [-0.39, 0.29) is 5.57 Å². The molecule has 1 aliphatic rings. The smallest absolute Gasteiger partial charge is 0.335 e. The van der Waals surface area contributed by atoms with Crippen molar-refractivity contribution in [1.29, 1.82) is 0 Å². The molecule has 4 amide bonds. The molecule has 2 aromatic carbocycles. The SMILES string of the molecule is CCCOc1ccc(Cl)cc1/C=C1\C(=O)NC(=O)N(c2cc(C)ccc2C)C1=O. The molecule has 0 aliphatic carbocycles. The van der Waals surface area contributed by atoms with Gasteiger partial charge in [-0.1, -0.05) is 30.7 Å². The number of ether oxygens (including phenoxy) is 1. The third kappa shape index (κ3) is 4.32. The summed E-state index contributed by atoms with van der Waals surface area (Å²) >= 11 is 6.09. The summed E-state index contributed by atoms with van der Waals surface area (Å²) in [5.74, 6) is -0.962. The molecular formula is C22H21ClN2O4. The van der Waals surface area contributed by atoms with Gasteiger partial charge in [-0.3, -0.25) is 14.9 Å². The molecule has 1 saturated heterocycles. The minimum Gasteiger partial charge on any atom is -0.493 e. The number of imide groups is 2. The lowest BCUT2D eigenvalue weighted by atomic mass is 10.0. The first-order valence-corrected chi connectivity index (χ1v) is 9.60. The number of anilines is 1. The number of aryl methyl sites for hydroxylation is 2. The van der Waals surface area contributed by atoms with E-state index in [0.29, 0.717) is 28.6 Å². The fraction of sp³-hybridized carbons (Fsp3) is 0.227. The minimum absolute atomic E-state index is 0.172. The van der Waals surface area contributed by atoms with Gasteiger partial charge in [-0.2, -0.15) is 0 Å². The van der Waals surface area contributed by atoms with Gasteiger partial charge in [-0.25, -0.2) is 9.69 Å². The maximum atomic E-state index is 13.1. The molecule has 2 aromatic rings. The van der Waals surface area contributed by atoms with E-state index in [1.54, 1.807) is 31.2 Å². The molecule has 0 atom stereocenters. The van der Waals surface area contributed by atoms with Crippen molar-refractivity contribution < 1.29 is 19.1 Å². The Balaban J connectivity index is 2.07. The van der Waals surface area contributed by atoms with E-state index in [0.717, 1.165) is 22.4 Å². The molecule has 0 radical (unpaired) electrons. The fourth-order valence-corrected chi connectivity index (χ4v) is 3.15. The van der Waals surface area contributed by atoms with Crippen LogP contribution >= 0.6 is 11.6 Å². The number of nitrogens with zero attached hydrogens (tertiary/aromatic N) is 1. The van der Waals surface area contributed by atoms with Gasteiger partial charge in [0.15, 0.2) is 0 Å². The van der Waals surface area contributed by atoms with Crippen LogP contribution in [0.5, 0.6) is 5.75 Å². The molecule has 0 spiro atoms. The summed E-state index contributed by atoms with van der Waals surface area (Å²) in [4.78, 5) is 39.0. The van der Waals surface area contributed by atoms with Gasteiger partial charge in [0.2, 0.25) is 0 Å². The van der Waals surface area contributed by atoms with Crippen LogP contribution in [0.15, 0.2) is 42.0 Å². The summed E-state index contributed by atoms with van der Waals surface area (Å²) in [6.45, 7) is 6.11. The third-order valence-corrected chi connectivity index (χ3v) is 4.68. The van der Waals surface area contributed by atoms with Gasteiger partial charge in [0.25, 0.3) is 11.8 Å². The van der Waals surface area contributed by atoms with Crippen LogP contribution in [0.4, 0.5) is 10.5 Å². The van der Waals surface area contributed by atoms with E-state index >= 15 is 0 Å². The van der Waals surface area contributed by atoms with E-state index < -0.39 is 17.8 Å². The fourth-order valence-electron chi connectivity index (χ4n) is 2.97.